The van der Waals surface area contributed by atoms with Gasteiger partial charge in [0.2, 0.25) is 0 Å². The normalized spacial score (nSPS) is 15.0. The van der Waals surface area contributed by atoms with Crippen LogP contribution >= 0.6 is 0 Å². The van der Waals surface area contributed by atoms with Crippen LogP contribution in [0.25, 0.3) is 0 Å². The Hall–Kier alpha value is -0.830. The van der Waals surface area contributed by atoms with Crippen molar-refractivity contribution in [3.8, 4) is 0 Å². The van der Waals surface area contributed by atoms with E-state index < -0.39 is 0 Å². The number of imidazole rings is 1. The van der Waals surface area contributed by atoms with Gasteiger partial charge in [-0.3, -0.25) is 0 Å². The van der Waals surface area contributed by atoms with Crippen LogP contribution in [0.2, 0.25) is 0 Å². The fraction of sp³-hybridized carbons (Fsp3) is 0.769. The summed E-state index contributed by atoms with van der Waals surface area (Å²) in [6, 6.07) is 0. The van der Waals surface area contributed by atoms with Gasteiger partial charge in [-0.15, -0.1) is 0 Å². The molecule has 0 spiro atoms. The lowest BCUT2D eigenvalue weighted by Crippen LogP contribution is -2.32. The summed E-state index contributed by atoms with van der Waals surface area (Å²) in [5, 5.41) is 3.46. The summed E-state index contributed by atoms with van der Waals surface area (Å²) in [7, 11) is 2.07. The molecule has 0 aliphatic heterocycles. The third kappa shape index (κ3) is 3.63. The minimum atomic E-state index is 0.391. The first kappa shape index (κ1) is 13.2. The van der Waals surface area contributed by atoms with Crippen LogP contribution in [0.15, 0.2) is 12.4 Å². The molecule has 3 nitrogen and oxygen atoms in total. The van der Waals surface area contributed by atoms with Crippen molar-refractivity contribution in [2.24, 2.45) is 12.5 Å². The van der Waals surface area contributed by atoms with Crippen molar-refractivity contribution in [1.82, 2.24) is 14.9 Å². The van der Waals surface area contributed by atoms with Crippen molar-refractivity contribution in [3.05, 3.63) is 18.2 Å². The summed E-state index contributed by atoms with van der Waals surface area (Å²) in [6.07, 6.45) is 7.37. The maximum atomic E-state index is 4.38. The maximum absolute atomic E-state index is 4.38. The van der Waals surface area contributed by atoms with Crippen molar-refractivity contribution >= 4 is 0 Å². The van der Waals surface area contributed by atoms with Crippen LogP contribution in [0.3, 0.4) is 0 Å². The fourth-order valence-corrected chi connectivity index (χ4v) is 1.87. The highest BCUT2D eigenvalue weighted by Crippen LogP contribution is 2.26. The summed E-state index contributed by atoms with van der Waals surface area (Å²) in [5.41, 5.74) is 0.391. The average molecular weight is 223 g/mol. The second-order valence-electron chi connectivity index (χ2n) is 4.90. The fourth-order valence-electron chi connectivity index (χ4n) is 1.87. The molecule has 1 aromatic rings. The van der Waals surface area contributed by atoms with Gasteiger partial charge < -0.3 is 9.88 Å². The van der Waals surface area contributed by atoms with E-state index in [2.05, 4.69) is 42.7 Å². The van der Waals surface area contributed by atoms with E-state index in [-0.39, 0.29) is 0 Å². The van der Waals surface area contributed by atoms with Crippen LogP contribution in [0.4, 0.5) is 0 Å². The Labute approximate surface area is 99.3 Å². The number of hydrogen-bond donors (Lipinski definition) is 1. The molecule has 0 amide bonds. The lowest BCUT2D eigenvalue weighted by molar-refractivity contribution is 0.269. The number of nitrogens with zero attached hydrogens (tertiary/aromatic N) is 2. The summed E-state index contributed by atoms with van der Waals surface area (Å²) >= 11 is 0. The SMILES string of the molecule is CCNCC(C)(CC)CCc1nccn1C. The van der Waals surface area contributed by atoms with E-state index in [1.54, 1.807) is 0 Å². The smallest absolute Gasteiger partial charge is 0.108 e. The summed E-state index contributed by atoms with van der Waals surface area (Å²) in [4.78, 5) is 4.38. The number of aromatic nitrogens is 2. The van der Waals surface area contributed by atoms with E-state index in [9.17, 15) is 0 Å². The van der Waals surface area contributed by atoms with Crippen molar-refractivity contribution in [2.45, 2.75) is 40.0 Å². The third-order valence-electron chi connectivity index (χ3n) is 3.53. The van der Waals surface area contributed by atoms with Gasteiger partial charge in [-0.05, 0) is 24.8 Å². The maximum Gasteiger partial charge on any atom is 0.108 e. The second kappa shape index (κ2) is 6.04. The van der Waals surface area contributed by atoms with Gasteiger partial charge in [0.15, 0.2) is 0 Å². The monoisotopic (exact) mass is 223 g/mol. The molecule has 1 N–H and O–H groups in total. The van der Waals surface area contributed by atoms with Gasteiger partial charge in [-0.2, -0.15) is 0 Å². The van der Waals surface area contributed by atoms with Crippen molar-refractivity contribution < 1.29 is 0 Å². The van der Waals surface area contributed by atoms with Gasteiger partial charge in [0, 0.05) is 32.4 Å². The molecule has 0 saturated heterocycles. The summed E-state index contributed by atoms with van der Waals surface area (Å²) in [5.74, 6) is 1.19. The van der Waals surface area contributed by atoms with E-state index in [1.165, 1.54) is 18.7 Å². The van der Waals surface area contributed by atoms with Gasteiger partial charge >= 0.3 is 0 Å². The van der Waals surface area contributed by atoms with Crippen LogP contribution in [-0.4, -0.2) is 22.6 Å². The minimum absolute atomic E-state index is 0.391. The van der Waals surface area contributed by atoms with E-state index in [1.807, 2.05) is 12.4 Å². The van der Waals surface area contributed by atoms with E-state index in [0.717, 1.165) is 19.5 Å². The molecule has 0 aromatic carbocycles. The molecule has 0 aliphatic carbocycles. The number of rotatable bonds is 7. The third-order valence-corrected chi connectivity index (χ3v) is 3.53. The summed E-state index contributed by atoms with van der Waals surface area (Å²) in [6.45, 7) is 8.95. The van der Waals surface area contributed by atoms with E-state index in [4.69, 9.17) is 0 Å². The van der Waals surface area contributed by atoms with Crippen molar-refractivity contribution in [1.29, 1.82) is 0 Å². The molecule has 1 rings (SSSR count). The molecule has 1 aromatic heterocycles. The predicted octanol–water partition coefficient (Wildman–Crippen LogP) is 2.38. The van der Waals surface area contributed by atoms with Gasteiger partial charge in [0.25, 0.3) is 0 Å². The Balaban J connectivity index is 2.47. The van der Waals surface area contributed by atoms with Crippen LogP contribution in [-0.2, 0) is 13.5 Å². The van der Waals surface area contributed by atoms with Crippen molar-refractivity contribution in [3.63, 3.8) is 0 Å². The molecule has 0 aliphatic rings. The van der Waals surface area contributed by atoms with Gasteiger partial charge in [0.1, 0.15) is 5.82 Å². The molecule has 16 heavy (non-hydrogen) atoms. The second-order valence-corrected chi connectivity index (χ2v) is 4.90. The average Bonchev–Trinajstić information content (AvgIpc) is 2.70. The Morgan fingerprint density at radius 3 is 2.69 bits per heavy atom. The first-order valence-corrected chi connectivity index (χ1v) is 6.28. The van der Waals surface area contributed by atoms with Crippen LogP contribution in [0.1, 0.15) is 39.4 Å². The van der Waals surface area contributed by atoms with Gasteiger partial charge in [0.05, 0.1) is 0 Å². The quantitative estimate of drug-likeness (QED) is 0.769. The molecule has 1 heterocycles. The number of nitrogens with one attached hydrogen (secondary N) is 1. The highest BCUT2D eigenvalue weighted by molar-refractivity contribution is 4.93. The topological polar surface area (TPSA) is 29.9 Å². The Morgan fingerprint density at radius 2 is 2.19 bits per heavy atom. The molecule has 1 atom stereocenters. The highest BCUT2D eigenvalue weighted by atomic mass is 15.0. The number of hydrogen-bond acceptors (Lipinski definition) is 2. The zero-order valence-corrected chi connectivity index (χ0v) is 11.1. The van der Waals surface area contributed by atoms with Crippen LogP contribution in [0, 0.1) is 5.41 Å². The summed E-state index contributed by atoms with van der Waals surface area (Å²) < 4.78 is 2.11. The van der Waals surface area contributed by atoms with Crippen LogP contribution in [0.5, 0.6) is 0 Å². The minimum Gasteiger partial charge on any atom is -0.338 e. The first-order chi connectivity index (χ1) is 7.61. The molecule has 0 bridgehead atoms. The zero-order chi connectivity index (χ0) is 12.0. The largest absolute Gasteiger partial charge is 0.338 e. The molecule has 1 unspecified atom stereocenters. The first-order valence-electron chi connectivity index (χ1n) is 6.28. The molecular formula is C13H25N3. The predicted molar refractivity (Wildman–Crippen MR) is 68.5 cm³/mol. The Bertz CT molecular complexity index is 306. The lowest BCUT2D eigenvalue weighted by atomic mass is 9.82. The standard InChI is InChI=1S/C13H25N3/c1-5-13(3,11-14-6-2)8-7-12-15-9-10-16(12)4/h9-10,14H,5-8,11H2,1-4H3. The Morgan fingerprint density at radius 1 is 1.44 bits per heavy atom. The van der Waals surface area contributed by atoms with Crippen LogP contribution < -0.4 is 5.32 Å². The molecular weight excluding hydrogens is 198 g/mol. The van der Waals surface area contributed by atoms with E-state index >= 15 is 0 Å². The molecule has 0 saturated carbocycles. The van der Waals surface area contributed by atoms with E-state index in [0.29, 0.717) is 5.41 Å². The molecule has 92 valence electrons. The highest BCUT2D eigenvalue weighted by Gasteiger charge is 2.21. The Kier molecular flexibility index (Phi) is 5.00. The lowest BCUT2D eigenvalue weighted by Gasteiger charge is -2.28. The number of aryl methyl sites for hydroxylation is 2. The van der Waals surface area contributed by atoms with Gasteiger partial charge in [-0.25, -0.2) is 4.98 Å². The molecule has 0 radical (unpaired) electrons. The zero-order valence-electron chi connectivity index (χ0n) is 11.1. The molecule has 0 fully saturated rings. The molecule has 3 heteroatoms. The van der Waals surface area contributed by atoms with Crippen molar-refractivity contribution in [2.75, 3.05) is 13.1 Å². The van der Waals surface area contributed by atoms with Gasteiger partial charge in [-0.1, -0.05) is 20.8 Å².